The standard InChI is InChI=1S/C5H10O5.CHF3O3S/c6-1-3(8)5(10)4(9)2-7;2-1(3,4)8(5,6)7/h1,3-5,7-10H,2H2;(H,5,6,7)/t3-,4+,5-;/m0./s1. The second-order valence-corrected chi connectivity index (χ2v) is 4.20. The van der Waals surface area contributed by atoms with Gasteiger partial charge in [0, 0.05) is 0 Å². The predicted molar refractivity (Wildman–Crippen MR) is 48.8 cm³/mol. The molecule has 0 aliphatic carbocycles. The van der Waals surface area contributed by atoms with Crippen molar-refractivity contribution < 1.29 is 51.4 Å². The van der Waals surface area contributed by atoms with E-state index in [9.17, 15) is 18.0 Å². The fourth-order valence-corrected chi connectivity index (χ4v) is 0.416. The zero-order valence-corrected chi connectivity index (χ0v) is 9.34. The molecule has 0 spiro atoms. The maximum absolute atomic E-state index is 10.7. The Balaban J connectivity index is 0. The summed E-state index contributed by atoms with van der Waals surface area (Å²) < 4.78 is 57.5. The van der Waals surface area contributed by atoms with E-state index in [1.807, 2.05) is 0 Å². The molecule has 0 radical (unpaired) electrons. The number of hydrogen-bond acceptors (Lipinski definition) is 7. The molecule has 0 amide bonds. The molecule has 110 valence electrons. The average Bonchev–Trinajstić information content (AvgIpc) is 2.24. The molecule has 0 fully saturated rings. The normalized spacial score (nSPS) is 17.1. The van der Waals surface area contributed by atoms with Crippen molar-refractivity contribution in [2.45, 2.75) is 23.8 Å². The van der Waals surface area contributed by atoms with Crippen molar-refractivity contribution in [2.24, 2.45) is 0 Å². The SMILES string of the molecule is O=C[C@H](O)[C@H](O)[C@H](O)CO.O=S(=O)(O)C(F)(F)F. The molecular formula is C6H11F3O8S. The Morgan fingerprint density at radius 2 is 1.50 bits per heavy atom. The van der Waals surface area contributed by atoms with Crippen molar-refractivity contribution in [3.05, 3.63) is 0 Å². The molecule has 0 aromatic carbocycles. The summed E-state index contributed by atoms with van der Waals surface area (Å²) in [6.07, 6.45) is -4.63. The van der Waals surface area contributed by atoms with Gasteiger partial charge in [0.15, 0.2) is 6.29 Å². The minimum absolute atomic E-state index is 0.0869. The first kappa shape index (κ1) is 19.5. The Morgan fingerprint density at radius 1 is 1.17 bits per heavy atom. The van der Waals surface area contributed by atoms with Crippen LogP contribution in [0.25, 0.3) is 0 Å². The molecule has 0 aromatic heterocycles. The van der Waals surface area contributed by atoms with Crippen molar-refractivity contribution in [3.63, 3.8) is 0 Å². The second kappa shape index (κ2) is 7.60. The summed E-state index contributed by atoms with van der Waals surface area (Å²) in [6.45, 7) is -0.688. The zero-order chi connectivity index (χ0) is 15.1. The molecule has 12 heteroatoms. The van der Waals surface area contributed by atoms with E-state index in [-0.39, 0.29) is 6.29 Å². The summed E-state index contributed by atoms with van der Waals surface area (Å²) in [5.74, 6) is 0. The van der Waals surface area contributed by atoms with Gasteiger partial charge in [-0.1, -0.05) is 0 Å². The van der Waals surface area contributed by atoms with E-state index >= 15 is 0 Å². The van der Waals surface area contributed by atoms with Crippen LogP contribution < -0.4 is 0 Å². The van der Waals surface area contributed by atoms with Crippen molar-refractivity contribution in [3.8, 4) is 0 Å². The van der Waals surface area contributed by atoms with E-state index < -0.39 is 40.5 Å². The van der Waals surface area contributed by atoms with Crippen molar-refractivity contribution in [1.82, 2.24) is 0 Å². The van der Waals surface area contributed by atoms with Crippen LogP contribution >= 0.6 is 0 Å². The highest BCUT2D eigenvalue weighted by Crippen LogP contribution is 2.20. The van der Waals surface area contributed by atoms with Gasteiger partial charge >= 0.3 is 15.6 Å². The third kappa shape index (κ3) is 7.52. The Labute approximate surface area is 99.0 Å². The summed E-state index contributed by atoms with van der Waals surface area (Å²) in [6, 6.07) is 0. The van der Waals surface area contributed by atoms with Crippen LogP contribution in [0.15, 0.2) is 0 Å². The predicted octanol–water partition coefficient (Wildman–Crippen LogP) is -2.35. The van der Waals surface area contributed by atoms with Crippen molar-refractivity contribution in [2.75, 3.05) is 6.61 Å². The fourth-order valence-electron chi connectivity index (χ4n) is 0.416. The smallest absolute Gasteiger partial charge is 0.394 e. The van der Waals surface area contributed by atoms with Gasteiger partial charge in [0.25, 0.3) is 0 Å². The average molecular weight is 300 g/mol. The first-order chi connectivity index (χ1) is 7.88. The van der Waals surface area contributed by atoms with Crippen LogP contribution in [-0.2, 0) is 14.9 Å². The zero-order valence-electron chi connectivity index (χ0n) is 8.52. The van der Waals surface area contributed by atoms with Crippen LogP contribution in [0.1, 0.15) is 0 Å². The highest BCUT2D eigenvalue weighted by atomic mass is 32.2. The lowest BCUT2D eigenvalue weighted by molar-refractivity contribution is -0.127. The first-order valence-corrected chi connectivity index (χ1v) is 5.46. The van der Waals surface area contributed by atoms with Crippen LogP contribution in [0.5, 0.6) is 0 Å². The molecule has 8 nitrogen and oxygen atoms in total. The van der Waals surface area contributed by atoms with Gasteiger partial charge < -0.3 is 25.2 Å². The van der Waals surface area contributed by atoms with E-state index in [1.54, 1.807) is 0 Å². The van der Waals surface area contributed by atoms with Gasteiger partial charge in [-0.2, -0.15) is 21.6 Å². The largest absolute Gasteiger partial charge is 0.522 e. The minimum Gasteiger partial charge on any atom is -0.394 e. The molecule has 5 N–H and O–H groups in total. The Kier molecular flexibility index (Phi) is 8.26. The van der Waals surface area contributed by atoms with Gasteiger partial charge in [-0.3, -0.25) is 4.55 Å². The van der Waals surface area contributed by atoms with Gasteiger partial charge in [-0.15, -0.1) is 0 Å². The molecular weight excluding hydrogens is 289 g/mol. The molecule has 0 aliphatic rings. The van der Waals surface area contributed by atoms with E-state index in [0.717, 1.165) is 0 Å². The molecule has 0 saturated heterocycles. The van der Waals surface area contributed by atoms with Crippen LogP contribution in [0.2, 0.25) is 0 Å². The van der Waals surface area contributed by atoms with E-state index in [4.69, 9.17) is 33.4 Å². The number of aliphatic hydroxyl groups is 4. The number of halogens is 3. The quantitative estimate of drug-likeness (QED) is 0.220. The third-order valence-electron chi connectivity index (χ3n) is 1.36. The van der Waals surface area contributed by atoms with Crippen molar-refractivity contribution >= 4 is 16.4 Å². The number of aldehydes is 1. The molecule has 3 atom stereocenters. The molecule has 0 unspecified atom stereocenters. The van der Waals surface area contributed by atoms with Crippen LogP contribution in [0.4, 0.5) is 13.2 Å². The summed E-state index contributed by atoms with van der Waals surface area (Å²) in [7, 11) is -5.84. The van der Waals surface area contributed by atoms with E-state index in [1.165, 1.54) is 0 Å². The van der Waals surface area contributed by atoms with Gasteiger partial charge in [0.05, 0.1) is 6.61 Å². The minimum atomic E-state index is -5.84. The molecule has 0 aliphatic heterocycles. The van der Waals surface area contributed by atoms with Gasteiger partial charge in [0.2, 0.25) is 0 Å². The van der Waals surface area contributed by atoms with Gasteiger partial charge in [-0.25, -0.2) is 0 Å². The number of aliphatic hydroxyl groups excluding tert-OH is 4. The van der Waals surface area contributed by atoms with Gasteiger partial charge in [0.1, 0.15) is 18.3 Å². The summed E-state index contributed by atoms with van der Waals surface area (Å²) in [4.78, 5) is 9.76. The van der Waals surface area contributed by atoms with Crippen LogP contribution in [0, 0.1) is 0 Å². The Hall–Kier alpha value is -0.790. The fraction of sp³-hybridized carbons (Fsp3) is 0.833. The monoisotopic (exact) mass is 300 g/mol. The lowest BCUT2D eigenvalue weighted by atomic mass is 10.1. The highest BCUT2D eigenvalue weighted by Gasteiger charge is 2.44. The molecule has 0 rings (SSSR count). The maximum Gasteiger partial charge on any atom is 0.522 e. The van der Waals surface area contributed by atoms with Crippen LogP contribution in [0.3, 0.4) is 0 Å². The first-order valence-electron chi connectivity index (χ1n) is 4.02. The maximum atomic E-state index is 10.7. The lowest BCUT2D eigenvalue weighted by Gasteiger charge is -2.16. The summed E-state index contributed by atoms with van der Waals surface area (Å²) in [5.41, 5.74) is -5.53. The Bertz CT molecular complexity index is 339. The number of hydrogen-bond donors (Lipinski definition) is 5. The number of alkyl halides is 3. The topological polar surface area (TPSA) is 152 Å². The molecule has 0 saturated carbocycles. The second-order valence-electron chi connectivity index (χ2n) is 2.79. The Morgan fingerprint density at radius 3 is 1.67 bits per heavy atom. The molecule has 18 heavy (non-hydrogen) atoms. The number of carbonyl (C=O) groups is 1. The highest BCUT2D eigenvalue weighted by molar-refractivity contribution is 7.86. The number of carbonyl (C=O) groups excluding carboxylic acids is 1. The van der Waals surface area contributed by atoms with E-state index in [0.29, 0.717) is 0 Å². The molecule has 0 bridgehead atoms. The molecule has 0 aromatic rings. The summed E-state index contributed by atoms with van der Waals surface area (Å²) in [5, 5.41) is 34.1. The van der Waals surface area contributed by atoms with Gasteiger partial charge in [-0.05, 0) is 0 Å². The molecule has 0 heterocycles. The van der Waals surface area contributed by atoms with Crippen molar-refractivity contribution in [1.29, 1.82) is 0 Å². The van der Waals surface area contributed by atoms with Crippen LogP contribution in [-0.4, -0.2) is 70.1 Å². The van der Waals surface area contributed by atoms with E-state index in [2.05, 4.69) is 0 Å². The third-order valence-corrected chi connectivity index (χ3v) is 1.95. The summed E-state index contributed by atoms with van der Waals surface area (Å²) >= 11 is 0. The lowest BCUT2D eigenvalue weighted by Crippen LogP contribution is -2.40. The number of rotatable bonds is 4.